The lowest BCUT2D eigenvalue weighted by Crippen LogP contribution is -2.51. The Morgan fingerprint density at radius 3 is 2.81 bits per heavy atom. The zero-order chi connectivity index (χ0) is 15.8. The zero-order valence-corrected chi connectivity index (χ0v) is 14.3. The third-order valence-corrected chi connectivity index (χ3v) is 6.34. The van der Waals surface area contributed by atoms with Gasteiger partial charge in [-0.3, -0.25) is 0 Å². The number of aliphatic hydroxyl groups excluding tert-OH is 1. The van der Waals surface area contributed by atoms with Gasteiger partial charge in [-0.25, -0.2) is 8.42 Å². The van der Waals surface area contributed by atoms with Crippen LogP contribution < -0.4 is 5.73 Å². The number of sulfonamides is 1. The first-order valence-corrected chi connectivity index (χ1v) is 8.80. The van der Waals surface area contributed by atoms with E-state index < -0.39 is 16.1 Å². The van der Waals surface area contributed by atoms with Gasteiger partial charge in [-0.05, 0) is 47.5 Å². The summed E-state index contributed by atoms with van der Waals surface area (Å²) in [5.74, 6) is 0. The summed E-state index contributed by atoms with van der Waals surface area (Å²) in [4.78, 5) is 0.189. The Bertz CT molecular complexity index is 635. The smallest absolute Gasteiger partial charge is 0.243 e. The van der Waals surface area contributed by atoms with Crippen LogP contribution in [0.5, 0.6) is 0 Å². The maximum atomic E-state index is 12.9. The molecule has 2 rings (SSSR count). The number of hydrogen-bond donors (Lipinski definition) is 2. The van der Waals surface area contributed by atoms with Crippen LogP contribution in [0.25, 0.3) is 0 Å². The fraction of sp³-hybridized carbons (Fsp3) is 0.538. The molecule has 1 aliphatic rings. The number of benzene rings is 1. The second-order valence-electron chi connectivity index (χ2n) is 5.20. The Balaban J connectivity index is 2.43. The second-order valence-corrected chi connectivity index (χ2v) is 7.91. The molecule has 1 fully saturated rings. The number of aryl methyl sites for hydroxylation is 1. The zero-order valence-electron chi connectivity index (χ0n) is 11.9. The van der Waals surface area contributed by atoms with Crippen LogP contribution in [0.3, 0.4) is 0 Å². The molecular formula is C13H19BrN2O4S. The Labute approximate surface area is 133 Å². The number of aliphatic hydroxyl groups is 1. The molecule has 118 valence electrons. The molecule has 0 radical (unpaired) electrons. The van der Waals surface area contributed by atoms with Gasteiger partial charge in [-0.2, -0.15) is 4.31 Å². The number of nitrogen functional groups attached to an aromatic ring is 1. The monoisotopic (exact) mass is 378 g/mol. The van der Waals surface area contributed by atoms with Crippen molar-refractivity contribution in [3.63, 3.8) is 0 Å². The SMILES string of the molecule is Cc1cc(Br)c(N)cc1S(=O)(=O)N1CC(CO)OCC1C. The van der Waals surface area contributed by atoms with E-state index in [0.717, 1.165) is 0 Å². The molecule has 0 aromatic heterocycles. The van der Waals surface area contributed by atoms with Crippen molar-refractivity contribution < 1.29 is 18.3 Å². The van der Waals surface area contributed by atoms with E-state index in [1.807, 2.05) is 0 Å². The fourth-order valence-corrected chi connectivity index (χ4v) is 4.66. The fourth-order valence-electron chi connectivity index (χ4n) is 2.31. The van der Waals surface area contributed by atoms with E-state index in [1.165, 1.54) is 10.4 Å². The Hall–Kier alpha value is -0.670. The summed E-state index contributed by atoms with van der Waals surface area (Å²) < 4.78 is 33.1. The number of anilines is 1. The highest BCUT2D eigenvalue weighted by atomic mass is 79.9. The van der Waals surface area contributed by atoms with Gasteiger partial charge in [0.15, 0.2) is 0 Å². The molecule has 2 atom stereocenters. The third kappa shape index (κ3) is 3.24. The molecule has 0 spiro atoms. The number of halogens is 1. The van der Waals surface area contributed by atoms with Gasteiger partial charge < -0.3 is 15.6 Å². The first-order valence-electron chi connectivity index (χ1n) is 6.57. The van der Waals surface area contributed by atoms with Crippen LogP contribution in [0.4, 0.5) is 5.69 Å². The molecule has 1 aromatic rings. The molecule has 2 unspecified atom stereocenters. The summed E-state index contributed by atoms with van der Waals surface area (Å²) in [6.07, 6.45) is -0.496. The lowest BCUT2D eigenvalue weighted by molar-refractivity contribution is -0.0516. The molecule has 0 amide bonds. The highest BCUT2D eigenvalue weighted by Gasteiger charge is 2.36. The van der Waals surface area contributed by atoms with Crippen molar-refractivity contribution in [3.8, 4) is 0 Å². The number of hydrogen-bond acceptors (Lipinski definition) is 5. The Morgan fingerprint density at radius 1 is 1.52 bits per heavy atom. The standard InChI is InChI=1S/C13H19BrN2O4S/c1-8-3-11(14)12(15)4-13(8)21(18,19)16-5-10(6-17)20-7-9(16)2/h3-4,9-10,17H,5-7,15H2,1-2H3. The lowest BCUT2D eigenvalue weighted by atomic mass is 10.2. The first kappa shape index (κ1) is 16.7. The molecule has 1 aliphatic heterocycles. The molecule has 0 aliphatic carbocycles. The van der Waals surface area contributed by atoms with Gasteiger partial charge in [0, 0.05) is 22.7 Å². The van der Waals surface area contributed by atoms with Crippen molar-refractivity contribution in [1.29, 1.82) is 0 Å². The molecular weight excluding hydrogens is 360 g/mol. The molecule has 0 bridgehead atoms. The number of nitrogens with zero attached hydrogens (tertiary/aromatic N) is 1. The molecule has 6 nitrogen and oxygen atoms in total. The average molecular weight is 379 g/mol. The maximum Gasteiger partial charge on any atom is 0.243 e. The van der Waals surface area contributed by atoms with Crippen LogP contribution >= 0.6 is 15.9 Å². The van der Waals surface area contributed by atoms with Gasteiger partial charge in [-0.15, -0.1) is 0 Å². The normalized spacial score (nSPS) is 24.2. The van der Waals surface area contributed by atoms with Crippen molar-refractivity contribution in [2.45, 2.75) is 30.9 Å². The Morgan fingerprint density at radius 2 is 2.19 bits per heavy atom. The van der Waals surface area contributed by atoms with Crippen LogP contribution in [0, 0.1) is 6.92 Å². The van der Waals surface area contributed by atoms with Crippen molar-refractivity contribution in [1.82, 2.24) is 4.31 Å². The van der Waals surface area contributed by atoms with Crippen molar-refractivity contribution >= 4 is 31.6 Å². The Kier molecular flexibility index (Phi) is 4.94. The van der Waals surface area contributed by atoms with E-state index in [1.54, 1.807) is 19.9 Å². The van der Waals surface area contributed by atoms with Gasteiger partial charge in [-0.1, -0.05) is 0 Å². The maximum absolute atomic E-state index is 12.9. The van der Waals surface area contributed by atoms with Crippen molar-refractivity contribution in [2.75, 3.05) is 25.5 Å². The summed E-state index contributed by atoms with van der Waals surface area (Å²) in [6.45, 7) is 3.69. The predicted octanol–water partition coefficient (Wildman–Crippen LogP) is 1.11. The molecule has 1 aromatic carbocycles. The number of ether oxygens (including phenoxy) is 1. The summed E-state index contributed by atoms with van der Waals surface area (Å²) in [5, 5.41) is 9.19. The van der Waals surface area contributed by atoms with Gasteiger partial charge in [0.1, 0.15) is 0 Å². The topological polar surface area (TPSA) is 92.9 Å². The van der Waals surface area contributed by atoms with Crippen molar-refractivity contribution in [3.05, 3.63) is 22.2 Å². The summed E-state index contributed by atoms with van der Waals surface area (Å²) in [6, 6.07) is 2.86. The largest absolute Gasteiger partial charge is 0.398 e. The van der Waals surface area contributed by atoms with Crippen LogP contribution in [0.2, 0.25) is 0 Å². The summed E-state index contributed by atoms with van der Waals surface area (Å²) in [5.41, 5.74) is 6.80. The van der Waals surface area contributed by atoms with Crippen LogP contribution in [-0.2, 0) is 14.8 Å². The van der Waals surface area contributed by atoms with Crippen molar-refractivity contribution in [2.24, 2.45) is 0 Å². The number of nitrogens with two attached hydrogens (primary N) is 1. The molecule has 1 saturated heterocycles. The number of morpholine rings is 1. The van der Waals surface area contributed by atoms with E-state index in [9.17, 15) is 13.5 Å². The third-order valence-electron chi connectivity index (χ3n) is 3.53. The number of rotatable bonds is 3. The average Bonchev–Trinajstić information content (AvgIpc) is 2.43. The predicted molar refractivity (Wildman–Crippen MR) is 83.5 cm³/mol. The quantitative estimate of drug-likeness (QED) is 0.768. The molecule has 1 heterocycles. The van der Waals surface area contributed by atoms with Crippen LogP contribution in [-0.4, -0.2) is 49.7 Å². The minimum Gasteiger partial charge on any atom is -0.398 e. The molecule has 0 saturated carbocycles. The van der Waals surface area contributed by atoms with E-state index in [0.29, 0.717) is 15.7 Å². The summed E-state index contributed by atoms with van der Waals surface area (Å²) in [7, 11) is -3.68. The van der Waals surface area contributed by atoms with Crippen LogP contribution in [0.1, 0.15) is 12.5 Å². The second kappa shape index (κ2) is 6.21. The van der Waals surface area contributed by atoms with Gasteiger partial charge in [0.2, 0.25) is 10.0 Å². The molecule has 21 heavy (non-hydrogen) atoms. The van der Waals surface area contributed by atoms with E-state index >= 15 is 0 Å². The highest BCUT2D eigenvalue weighted by molar-refractivity contribution is 9.10. The summed E-state index contributed by atoms with van der Waals surface area (Å²) >= 11 is 3.29. The molecule has 8 heteroatoms. The minimum absolute atomic E-state index is 0.134. The van der Waals surface area contributed by atoms with E-state index in [4.69, 9.17) is 10.5 Å². The van der Waals surface area contributed by atoms with Crippen LogP contribution in [0.15, 0.2) is 21.5 Å². The van der Waals surface area contributed by atoms with Gasteiger partial charge in [0.05, 0.1) is 24.2 Å². The minimum atomic E-state index is -3.68. The first-order chi connectivity index (χ1) is 9.77. The van der Waals surface area contributed by atoms with Gasteiger partial charge in [0.25, 0.3) is 0 Å². The van der Waals surface area contributed by atoms with Gasteiger partial charge >= 0.3 is 0 Å². The van der Waals surface area contributed by atoms with E-state index in [-0.39, 0.29) is 30.7 Å². The lowest BCUT2D eigenvalue weighted by Gasteiger charge is -2.36. The highest BCUT2D eigenvalue weighted by Crippen LogP contribution is 2.30. The van der Waals surface area contributed by atoms with E-state index in [2.05, 4.69) is 15.9 Å². The molecule has 3 N–H and O–H groups in total.